The number of hydrogen-bond acceptors (Lipinski definition) is 3. The molecule has 3 N–H and O–H groups in total. The molecule has 0 saturated heterocycles. The molecule has 1 atom stereocenters. The van der Waals surface area contributed by atoms with E-state index >= 15 is 0 Å². The van der Waals surface area contributed by atoms with Crippen LogP contribution in [-0.4, -0.2) is 11.0 Å². The van der Waals surface area contributed by atoms with E-state index in [0.717, 1.165) is 18.4 Å². The van der Waals surface area contributed by atoms with E-state index in [4.69, 9.17) is 17.4 Å². The van der Waals surface area contributed by atoms with Gasteiger partial charge in [0, 0.05) is 23.5 Å². The van der Waals surface area contributed by atoms with Crippen LogP contribution in [0, 0.1) is 5.82 Å². The number of aromatic nitrogens is 1. The molecular formula is C15H17ClFN3. The highest BCUT2D eigenvalue weighted by atomic mass is 35.5. The summed E-state index contributed by atoms with van der Waals surface area (Å²) in [5, 5.41) is 0.402. The number of pyridine rings is 1. The highest BCUT2D eigenvalue weighted by Gasteiger charge is 2.11. The van der Waals surface area contributed by atoms with Gasteiger partial charge < -0.3 is 0 Å². The minimum Gasteiger partial charge on any atom is -0.271 e. The molecule has 0 aliphatic carbocycles. The molecule has 2 aromatic rings. The molecule has 1 unspecified atom stereocenters. The van der Waals surface area contributed by atoms with E-state index in [2.05, 4.69) is 10.4 Å². The van der Waals surface area contributed by atoms with E-state index in [-0.39, 0.29) is 11.9 Å². The first-order valence-electron chi connectivity index (χ1n) is 6.48. The summed E-state index contributed by atoms with van der Waals surface area (Å²) in [7, 11) is 0. The van der Waals surface area contributed by atoms with Crippen LogP contribution in [0.3, 0.4) is 0 Å². The second kappa shape index (κ2) is 7.33. The van der Waals surface area contributed by atoms with Crippen molar-refractivity contribution in [1.82, 2.24) is 10.4 Å². The number of benzene rings is 1. The average Bonchev–Trinajstić information content (AvgIpc) is 2.46. The van der Waals surface area contributed by atoms with Gasteiger partial charge in [-0.3, -0.25) is 16.3 Å². The summed E-state index contributed by atoms with van der Waals surface area (Å²) in [6.07, 6.45) is 5.75. The lowest BCUT2D eigenvalue weighted by atomic mass is 10.00. The molecule has 1 aromatic heterocycles. The normalized spacial score (nSPS) is 12.3. The fraction of sp³-hybridized carbons (Fsp3) is 0.267. The van der Waals surface area contributed by atoms with Crippen molar-refractivity contribution >= 4 is 11.6 Å². The standard InChI is InChI=1S/C15H17ClFN3/c16-13-5-4-12(15(17)9-13)8-14(20-18)6-3-11-2-1-7-19-10-11/h1-2,4-5,7,9-10,14,20H,3,6,8,18H2. The van der Waals surface area contributed by atoms with Crippen LogP contribution in [0.2, 0.25) is 5.02 Å². The summed E-state index contributed by atoms with van der Waals surface area (Å²) in [4.78, 5) is 4.07. The van der Waals surface area contributed by atoms with Crippen molar-refractivity contribution in [3.63, 3.8) is 0 Å². The molecule has 0 amide bonds. The van der Waals surface area contributed by atoms with E-state index in [1.165, 1.54) is 6.07 Å². The SMILES string of the molecule is NNC(CCc1cccnc1)Cc1ccc(Cl)cc1F. The van der Waals surface area contributed by atoms with Crippen LogP contribution in [0.1, 0.15) is 17.5 Å². The van der Waals surface area contributed by atoms with Crippen LogP contribution in [0.5, 0.6) is 0 Å². The van der Waals surface area contributed by atoms with Crippen LogP contribution in [0.15, 0.2) is 42.7 Å². The number of hydrogen-bond donors (Lipinski definition) is 2. The molecule has 0 radical (unpaired) electrons. The molecule has 0 bridgehead atoms. The first kappa shape index (κ1) is 14.9. The van der Waals surface area contributed by atoms with E-state index in [1.807, 2.05) is 18.3 Å². The van der Waals surface area contributed by atoms with E-state index < -0.39 is 0 Å². The third-order valence-corrected chi connectivity index (χ3v) is 3.46. The van der Waals surface area contributed by atoms with Gasteiger partial charge in [-0.1, -0.05) is 23.7 Å². The molecule has 5 heteroatoms. The minimum absolute atomic E-state index is 0.00545. The number of nitrogens with two attached hydrogens (primary N) is 1. The molecular weight excluding hydrogens is 277 g/mol. The van der Waals surface area contributed by atoms with Gasteiger partial charge in [0.2, 0.25) is 0 Å². The van der Waals surface area contributed by atoms with Crippen LogP contribution in [0.4, 0.5) is 4.39 Å². The molecule has 3 nitrogen and oxygen atoms in total. The van der Waals surface area contributed by atoms with Crippen LogP contribution < -0.4 is 11.3 Å². The Kier molecular flexibility index (Phi) is 5.47. The zero-order chi connectivity index (χ0) is 14.4. The number of rotatable bonds is 6. The Bertz CT molecular complexity index is 548. The Balaban J connectivity index is 1.95. The van der Waals surface area contributed by atoms with Gasteiger partial charge >= 0.3 is 0 Å². The number of nitrogens with zero attached hydrogens (tertiary/aromatic N) is 1. The van der Waals surface area contributed by atoms with Gasteiger partial charge in [-0.2, -0.15) is 0 Å². The van der Waals surface area contributed by atoms with Crippen molar-refractivity contribution in [2.45, 2.75) is 25.3 Å². The molecule has 0 fully saturated rings. The molecule has 1 aromatic carbocycles. The lowest BCUT2D eigenvalue weighted by Gasteiger charge is -2.16. The number of aryl methyl sites for hydroxylation is 1. The molecule has 0 spiro atoms. The lowest BCUT2D eigenvalue weighted by Crippen LogP contribution is -2.37. The zero-order valence-corrected chi connectivity index (χ0v) is 11.8. The van der Waals surface area contributed by atoms with Crippen molar-refractivity contribution in [2.75, 3.05) is 0 Å². The van der Waals surface area contributed by atoms with Crippen molar-refractivity contribution in [2.24, 2.45) is 5.84 Å². The zero-order valence-electron chi connectivity index (χ0n) is 11.0. The average molecular weight is 294 g/mol. The Morgan fingerprint density at radius 1 is 1.35 bits per heavy atom. The van der Waals surface area contributed by atoms with Gasteiger partial charge in [0.1, 0.15) is 5.82 Å². The highest BCUT2D eigenvalue weighted by Crippen LogP contribution is 2.17. The van der Waals surface area contributed by atoms with Gasteiger partial charge in [-0.05, 0) is 48.6 Å². The Labute approximate surface area is 122 Å². The quantitative estimate of drug-likeness (QED) is 0.636. The fourth-order valence-electron chi connectivity index (χ4n) is 2.08. The molecule has 1 heterocycles. The first-order valence-corrected chi connectivity index (χ1v) is 6.86. The maximum Gasteiger partial charge on any atom is 0.127 e. The largest absolute Gasteiger partial charge is 0.271 e. The van der Waals surface area contributed by atoms with Crippen LogP contribution in [0.25, 0.3) is 0 Å². The second-order valence-electron chi connectivity index (χ2n) is 4.70. The summed E-state index contributed by atoms with van der Waals surface area (Å²) in [5.74, 6) is 5.26. The molecule has 2 rings (SSSR count). The monoisotopic (exact) mass is 293 g/mol. The summed E-state index contributed by atoms with van der Waals surface area (Å²) < 4.78 is 13.7. The van der Waals surface area contributed by atoms with Crippen LogP contribution >= 0.6 is 11.6 Å². The van der Waals surface area contributed by atoms with E-state index in [0.29, 0.717) is 17.0 Å². The van der Waals surface area contributed by atoms with E-state index in [1.54, 1.807) is 18.3 Å². The van der Waals surface area contributed by atoms with Gasteiger partial charge in [0.15, 0.2) is 0 Å². The highest BCUT2D eigenvalue weighted by molar-refractivity contribution is 6.30. The van der Waals surface area contributed by atoms with Gasteiger partial charge in [-0.25, -0.2) is 4.39 Å². The number of nitrogens with one attached hydrogen (secondary N) is 1. The van der Waals surface area contributed by atoms with Crippen LogP contribution in [-0.2, 0) is 12.8 Å². The number of hydrazine groups is 1. The van der Waals surface area contributed by atoms with Gasteiger partial charge in [0.05, 0.1) is 0 Å². The maximum atomic E-state index is 13.7. The molecule has 0 aliphatic rings. The molecule has 0 saturated carbocycles. The molecule has 0 aliphatic heterocycles. The maximum absolute atomic E-state index is 13.7. The predicted molar refractivity (Wildman–Crippen MR) is 78.8 cm³/mol. The minimum atomic E-state index is -0.292. The topological polar surface area (TPSA) is 50.9 Å². The lowest BCUT2D eigenvalue weighted by molar-refractivity contribution is 0.480. The second-order valence-corrected chi connectivity index (χ2v) is 5.14. The fourth-order valence-corrected chi connectivity index (χ4v) is 2.24. The Hall–Kier alpha value is -1.49. The van der Waals surface area contributed by atoms with E-state index in [9.17, 15) is 4.39 Å². The van der Waals surface area contributed by atoms with Gasteiger partial charge in [-0.15, -0.1) is 0 Å². The summed E-state index contributed by atoms with van der Waals surface area (Å²) in [6.45, 7) is 0. The van der Waals surface area contributed by atoms with Crippen molar-refractivity contribution in [3.8, 4) is 0 Å². The number of halogens is 2. The Morgan fingerprint density at radius 2 is 2.20 bits per heavy atom. The summed E-state index contributed by atoms with van der Waals surface area (Å²) in [6, 6.07) is 8.64. The van der Waals surface area contributed by atoms with Crippen molar-refractivity contribution < 1.29 is 4.39 Å². The first-order chi connectivity index (χ1) is 9.69. The third kappa shape index (κ3) is 4.27. The summed E-state index contributed by atoms with van der Waals surface area (Å²) >= 11 is 5.74. The molecule has 106 valence electrons. The smallest absolute Gasteiger partial charge is 0.127 e. The van der Waals surface area contributed by atoms with Crippen molar-refractivity contribution in [3.05, 3.63) is 64.7 Å². The Morgan fingerprint density at radius 3 is 2.85 bits per heavy atom. The predicted octanol–water partition coefficient (Wildman–Crippen LogP) is 2.88. The van der Waals surface area contributed by atoms with Crippen molar-refractivity contribution in [1.29, 1.82) is 0 Å². The molecule has 20 heavy (non-hydrogen) atoms. The third-order valence-electron chi connectivity index (χ3n) is 3.22. The van der Waals surface area contributed by atoms with Gasteiger partial charge in [0.25, 0.3) is 0 Å². The summed E-state index contributed by atoms with van der Waals surface area (Å²) in [5.41, 5.74) is 4.50.